The van der Waals surface area contributed by atoms with Crippen LogP contribution in [-0.2, 0) is 6.54 Å². The van der Waals surface area contributed by atoms with Gasteiger partial charge in [-0.3, -0.25) is 4.90 Å². The van der Waals surface area contributed by atoms with E-state index >= 15 is 0 Å². The molecule has 86 valence electrons. The van der Waals surface area contributed by atoms with Crippen molar-refractivity contribution in [2.45, 2.75) is 39.8 Å². The van der Waals surface area contributed by atoms with Crippen molar-refractivity contribution in [3.8, 4) is 0 Å². The molecular formula is C10H18ClN3S. The van der Waals surface area contributed by atoms with Crippen LogP contribution < -0.4 is 0 Å². The van der Waals surface area contributed by atoms with Crippen molar-refractivity contribution < 1.29 is 0 Å². The van der Waals surface area contributed by atoms with Gasteiger partial charge in [0, 0.05) is 24.1 Å². The molecule has 0 aromatic carbocycles. The van der Waals surface area contributed by atoms with Crippen molar-refractivity contribution in [2.75, 3.05) is 7.05 Å². The topological polar surface area (TPSA) is 29.0 Å². The molecule has 15 heavy (non-hydrogen) atoms. The summed E-state index contributed by atoms with van der Waals surface area (Å²) in [7, 11) is 2.10. The van der Waals surface area contributed by atoms with Gasteiger partial charge < -0.3 is 0 Å². The molecule has 5 heteroatoms. The van der Waals surface area contributed by atoms with Gasteiger partial charge in [0.1, 0.15) is 10.0 Å². The van der Waals surface area contributed by atoms with Gasteiger partial charge in [-0.1, -0.05) is 29.9 Å². The Bertz CT molecular complexity index is 301. The number of nitrogens with zero attached hydrogens (tertiary/aromatic N) is 3. The first-order valence-electron chi connectivity index (χ1n) is 5.17. The lowest BCUT2D eigenvalue weighted by Gasteiger charge is -2.25. The highest BCUT2D eigenvalue weighted by Crippen LogP contribution is 2.20. The van der Waals surface area contributed by atoms with Gasteiger partial charge in [0.2, 0.25) is 0 Å². The maximum atomic E-state index is 5.96. The first kappa shape index (κ1) is 12.9. The van der Waals surface area contributed by atoms with Crippen LogP contribution in [0.3, 0.4) is 0 Å². The molecule has 1 heterocycles. The molecule has 0 unspecified atom stereocenters. The highest BCUT2D eigenvalue weighted by atomic mass is 35.5. The standard InChI is InChI=1S/C10H18ClN3S/c1-7(2)5-8(3)14(4)6-9-10(11)15-13-12-9/h7-8H,5-6H2,1-4H3/t8-/m1/s1. The number of halogens is 1. The average Bonchev–Trinajstić information content (AvgIpc) is 2.50. The minimum Gasteiger partial charge on any atom is -0.298 e. The van der Waals surface area contributed by atoms with E-state index in [0.717, 1.165) is 12.2 Å². The summed E-state index contributed by atoms with van der Waals surface area (Å²) in [5.74, 6) is 0.714. The van der Waals surface area contributed by atoms with E-state index in [2.05, 4.69) is 42.3 Å². The van der Waals surface area contributed by atoms with E-state index < -0.39 is 0 Å². The summed E-state index contributed by atoms with van der Waals surface area (Å²) in [6.45, 7) is 7.49. The predicted octanol–water partition coefficient (Wildman–Crippen LogP) is 3.06. The Hall–Kier alpha value is -0.190. The molecule has 0 amide bonds. The summed E-state index contributed by atoms with van der Waals surface area (Å²) in [6, 6.07) is 0.544. The lowest BCUT2D eigenvalue weighted by molar-refractivity contribution is 0.218. The molecule has 1 atom stereocenters. The second-order valence-electron chi connectivity index (χ2n) is 4.39. The van der Waals surface area contributed by atoms with Crippen LogP contribution in [-0.4, -0.2) is 27.6 Å². The molecule has 1 aromatic heterocycles. The molecule has 0 saturated carbocycles. The van der Waals surface area contributed by atoms with E-state index in [1.165, 1.54) is 18.0 Å². The average molecular weight is 248 g/mol. The zero-order chi connectivity index (χ0) is 11.4. The Morgan fingerprint density at radius 3 is 2.53 bits per heavy atom. The van der Waals surface area contributed by atoms with Crippen molar-refractivity contribution in [1.29, 1.82) is 0 Å². The molecule has 0 radical (unpaired) electrons. The first-order valence-corrected chi connectivity index (χ1v) is 6.32. The number of hydrogen-bond donors (Lipinski definition) is 0. The minimum atomic E-state index is 0.544. The SMILES string of the molecule is CC(C)C[C@@H](C)N(C)Cc1nnsc1Cl. The lowest BCUT2D eigenvalue weighted by atomic mass is 10.0. The molecule has 0 aliphatic carbocycles. The Morgan fingerprint density at radius 1 is 1.40 bits per heavy atom. The maximum absolute atomic E-state index is 5.96. The van der Waals surface area contributed by atoms with Gasteiger partial charge in [0.05, 0.1) is 0 Å². The molecule has 0 N–H and O–H groups in total. The Balaban J connectivity index is 2.48. The van der Waals surface area contributed by atoms with E-state index in [0.29, 0.717) is 16.3 Å². The number of hydrogen-bond acceptors (Lipinski definition) is 4. The van der Waals surface area contributed by atoms with Gasteiger partial charge in [-0.25, -0.2) is 0 Å². The van der Waals surface area contributed by atoms with E-state index in [4.69, 9.17) is 11.6 Å². The van der Waals surface area contributed by atoms with Crippen LogP contribution >= 0.6 is 23.1 Å². The highest BCUT2D eigenvalue weighted by molar-refractivity contribution is 7.10. The first-order chi connectivity index (χ1) is 7.00. The van der Waals surface area contributed by atoms with Crippen molar-refractivity contribution in [1.82, 2.24) is 14.5 Å². The van der Waals surface area contributed by atoms with Crippen LogP contribution in [0, 0.1) is 5.92 Å². The summed E-state index contributed by atoms with van der Waals surface area (Å²) < 4.78 is 4.54. The fourth-order valence-electron chi connectivity index (χ4n) is 1.55. The monoisotopic (exact) mass is 247 g/mol. The zero-order valence-corrected chi connectivity index (χ0v) is 11.3. The largest absolute Gasteiger partial charge is 0.298 e. The molecule has 3 nitrogen and oxygen atoms in total. The van der Waals surface area contributed by atoms with Crippen molar-refractivity contribution in [3.05, 3.63) is 10.0 Å². The number of rotatable bonds is 5. The van der Waals surface area contributed by atoms with E-state index in [1.54, 1.807) is 0 Å². The van der Waals surface area contributed by atoms with Gasteiger partial charge in [-0.05, 0) is 26.3 Å². The third-order valence-corrected chi connectivity index (χ3v) is 3.46. The molecule has 0 aliphatic rings. The quantitative estimate of drug-likeness (QED) is 0.801. The lowest BCUT2D eigenvalue weighted by Crippen LogP contribution is -2.30. The van der Waals surface area contributed by atoms with Crippen molar-refractivity contribution in [2.24, 2.45) is 5.92 Å². The second kappa shape index (κ2) is 5.77. The van der Waals surface area contributed by atoms with Gasteiger partial charge in [0.25, 0.3) is 0 Å². The van der Waals surface area contributed by atoms with E-state index in [1.807, 2.05) is 0 Å². The molecule has 0 saturated heterocycles. The predicted molar refractivity (Wildman–Crippen MR) is 65.3 cm³/mol. The third-order valence-electron chi connectivity index (χ3n) is 2.47. The normalized spacial score (nSPS) is 13.8. The molecular weight excluding hydrogens is 230 g/mol. The van der Waals surface area contributed by atoms with Gasteiger partial charge in [-0.2, -0.15) is 0 Å². The smallest absolute Gasteiger partial charge is 0.138 e. The van der Waals surface area contributed by atoms with Crippen molar-refractivity contribution in [3.63, 3.8) is 0 Å². The molecule has 0 spiro atoms. The Kier molecular flexibility index (Phi) is 4.96. The van der Waals surface area contributed by atoms with Crippen LogP contribution in [0.25, 0.3) is 0 Å². The Morgan fingerprint density at radius 2 is 2.07 bits per heavy atom. The van der Waals surface area contributed by atoms with Gasteiger partial charge in [0.15, 0.2) is 0 Å². The second-order valence-corrected chi connectivity index (χ2v) is 5.74. The van der Waals surface area contributed by atoms with Crippen LogP contribution in [0.15, 0.2) is 0 Å². The van der Waals surface area contributed by atoms with Crippen LogP contribution in [0.1, 0.15) is 32.9 Å². The fourth-order valence-corrected chi connectivity index (χ4v) is 2.16. The maximum Gasteiger partial charge on any atom is 0.138 e. The Labute approximate surface area is 101 Å². The molecule has 1 aromatic rings. The summed E-state index contributed by atoms with van der Waals surface area (Å²) in [5.41, 5.74) is 0.889. The molecule has 1 rings (SSSR count). The third kappa shape index (κ3) is 4.05. The van der Waals surface area contributed by atoms with Crippen LogP contribution in [0.2, 0.25) is 4.34 Å². The highest BCUT2D eigenvalue weighted by Gasteiger charge is 2.14. The van der Waals surface area contributed by atoms with Crippen LogP contribution in [0.4, 0.5) is 0 Å². The summed E-state index contributed by atoms with van der Waals surface area (Å²) in [5, 5.41) is 4.01. The van der Waals surface area contributed by atoms with E-state index in [-0.39, 0.29) is 0 Å². The summed E-state index contributed by atoms with van der Waals surface area (Å²) in [6.07, 6.45) is 1.19. The molecule has 0 fully saturated rings. The van der Waals surface area contributed by atoms with E-state index in [9.17, 15) is 0 Å². The summed E-state index contributed by atoms with van der Waals surface area (Å²) >= 11 is 7.21. The van der Waals surface area contributed by atoms with Crippen molar-refractivity contribution >= 4 is 23.1 Å². The minimum absolute atomic E-state index is 0.544. The zero-order valence-electron chi connectivity index (χ0n) is 9.70. The van der Waals surface area contributed by atoms with Gasteiger partial charge >= 0.3 is 0 Å². The summed E-state index contributed by atoms with van der Waals surface area (Å²) in [4.78, 5) is 2.27. The molecule has 0 aliphatic heterocycles. The fraction of sp³-hybridized carbons (Fsp3) is 0.800. The van der Waals surface area contributed by atoms with Gasteiger partial charge in [-0.15, -0.1) is 5.10 Å². The molecule has 0 bridgehead atoms. The van der Waals surface area contributed by atoms with Crippen LogP contribution in [0.5, 0.6) is 0 Å². The number of aromatic nitrogens is 2.